The van der Waals surface area contributed by atoms with Gasteiger partial charge in [0.1, 0.15) is 17.6 Å². The SMILES string of the molecule is Cc1cc2c(c(C)c1O)CCC(CC(C)O)O2. The van der Waals surface area contributed by atoms with Crippen LogP contribution in [-0.2, 0) is 6.42 Å². The van der Waals surface area contributed by atoms with E-state index in [1.54, 1.807) is 6.92 Å². The smallest absolute Gasteiger partial charge is 0.123 e. The standard InChI is InChI=1S/C14H20O3/c1-8-6-13-12(10(3)14(8)16)5-4-11(17-13)7-9(2)15/h6,9,11,15-16H,4-5,7H2,1-3H3. The number of aromatic hydroxyl groups is 1. The molecule has 0 bridgehead atoms. The first kappa shape index (κ1) is 12.2. The molecule has 0 fully saturated rings. The minimum atomic E-state index is -0.333. The van der Waals surface area contributed by atoms with Crippen molar-refractivity contribution in [3.05, 3.63) is 22.8 Å². The Balaban J connectivity index is 2.27. The van der Waals surface area contributed by atoms with Crippen molar-refractivity contribution in [2.45, 2.75) is 52.2 Å². The van der Waals surface area contributed by atoms with E-state index in [4.69, 9.17) is 4.74 Å². The third-order valence-corrected chi connectivity index (χ3v) is 3.44. The number of ether oxygens (including phenoxy) is 1. The maximum atomic E-state index is 9.88. The van der Waals surface area contributed by atoms with Crippen LogP contribution in [0.3, 0.4) is 0 Å². The molecule has 2 N–H and O–H groups in total. The van der Waals surface area contributed by atoms with Gasteiger partial charge >= 0.3 is 0 Å². The molecule has 0 aromatic heterocycles. The summed E-state index contributed by atoms with van der Waals surface area (Å²) in [6.07, 6.45) is 2.23. The topological polar surface area (TPSA) is 49.7 Å². The number of phenols is 1. The lowest BCUT2D eigenvalue weighted by Gasteiger charge is -2.28. The lowest BCUT2D eigenvalue weighted by molar-refractivity contribution is 0.0923. The number of hydrogen-bond acceptors (Lipinski definition) is 3. The molecule has 2 atom stereocenters. The van der Waals surface area contributed by atoms with Crippen molar-refractivity contribution in [3.8, 4) is 11.5 Å². The number of aliphatic hydroxyl groups is 1. The van der Waals surface area contributed by atoms with Gasteiger partial charge in [0.2, 0.25) is 0 Å². The fourth-order valence-corrected chi connectivity index (χ4v) is 2.48. The maximum Gasteiger partial charge on any atom is 0.123 e. The summed E-state index contributed by atoms with van der Waals surface area (Å²) in [4.78, 5) is 0. The van der Waals surface area contributed by atoms with Crippen molar-refractivity contribution < 1.29 is 14.9 Å². The van der Waals surface area contributed by atoms with E-state index in [9.17, 15) is 10.2 Å². The summed E-state index contributed by atoms with van der Waals surface area (Å²) in [5, 5.41) is 19.3. The highest BCUT2D eigenvalue weighted by molar-refractivity contribution is 5.52. The minimum absolute atomic E-state index is 0.0887. The molecule has 17 heavy (non-hydrogen) atoms. The Bertz CT molecular complexity index is 424. The average molecular weight is 236 g/mol. The van der Waals surface area contributed by atoms with Crippen LogP contribution in [0.2, 0.25) is 0 Å². The van der Waals surface area contributed by atoms with Gasteiger partial charge in [0.15, 0.2) is 0 Å². The zero-order chi connectivity index (χ0) is 12.6. The molecule has 2 unspecified atom stereocenters. The fraction of sp³-hybridized carbons (Fsp3) is 0.571. The molecule has 1 aliphatic heterocycles. The van der Waals surface area contributed by atoms with E-state index in [0.717, 1.165) is 35.3 Å². The molecule has 0 saturated carbocycles. The second-order valence-electron chi connectivity index (χ2n) is 5.01. The summed E-state index contributed by atoms with van der Waals surface area (Å²) in [5.41, 5.74) is 2.88. The Kier molecular flexibility index (Phi) is 3.29. The van der Waals surface area contributed by atoms with Gasteiger partial charge in [-0.25, -0.2) is 0 Å². The van der Waals surface area contributed by atoms with Crippen LogP contribution < -0.4 is 4.74 Å². The highest BCUT2D eigenvalue weighted by Gasteiger charge is 2.24. The Morgan fingerprint density at radius 3 is 2.82 bits per heavy atom. The molecular formula is C14H20O3. The molecule has 1 aromatic rings. The number of aliphatic hydroxyl groups excluding tert-OH is 1. The minimum Gasteiger partial charge on any atom is -0.507 e. The van der Waals surface area contributed by atoms with Crippen LogP contribution in [0.15, 0.2) is 6.07 Å². The zero-order valence-electron chi connectivity index (χ0n) is 10.7. The van der Waals surface area contributed by atoms with Gasteiger partial charge in [-0.05, 0) is 50.8 Å². The first-order chi connectivity index (χ1) is 7.99. The number of rotatable bonds is 2. The molecule has 3 nitrogen and oxygen atoms in total. The van der Waals surface area contributed by atoms with Crippen molar-refractivity contribution in [3.63, 3.8) is 0 Å². The van der Waals surface area contributed by atoms with Gasteiger partial charge in [-0.15, -0.1) is 0 Å². The first-order valence-electron chi connectivity index (χ1n) is 6.15. The third-order valence-electron chi connectivity index (χ3n) is 3.44. The molecular weight excluding hydrogens is 216 g/mol. The highest BCUT2D eigenvalue weighted by Crippen LogP contribution is 2.37. The van der Waals surface area contributed by atoms with Crippen LogP contribution in [0, 0.1) is 13.8 Å². The summed E-state index contributed by atoms with van der Waals surface area (Å²) in [7, 11) is 0. The van der Waals surface area contributed by atoms with Crippen molar-refractivity contribution in [1.82, 2.24) is 0 Å². The second kappa shape index (κ2) is 4.57. The summed E-state index contributed by atoms with van der Waals surface area (Å²) >= 11 is 0. The van der Waals surface area contributed by atoms with Gasteiger partial charge in [-0.2, -0.15) is 0 Å². The van der Waals surface area contributed by atoms with E-state index in [-0.39, 0.29) is 12.2 Å². The van der Waals surface area contributed by atoms with Crippen molar-refractivity contribution in [2.75, 3.05) is 0 Å². The van der Waals surface area contributed by atoms with Crippen LogP contribution in [0.4, 0.5) is 0 Å². The number of benzene rings is 1. The van der Waals surface area contributed by atoms with Gasteiger partial charge in [0.25, 0.3) is 0 Å². The summed E-state index contributed by atoms with van der Waals surface area (Å²) in [6.45, 7) is 5.59. The molecule has 3 heteroatoms. The quantitative estimate of drug-likeness (QED) is 0.829. The largest absolute Gasteiger partial charge is 0.507 e. The third kappa shape index (κ3) is 2.39. The molecule has 94 valence electrons. The summed E-state index contributed by atoms with van der Waals surface area (Å²) < 4.78 is 5.89. The van der Waals surface area contributed by atoms with Crippen LogP contribution in [-0.4, -0.2) is 22.4 Å². The molecule has 1 aliphatic rings. The first-order valence-corrected chi connectivity index (χ1v) is 6.15. The van der Waals surface area contributed by atoms with E-state index in [1.807, 2.05) is 19.9 Å². The molecule has 0 aliphatic carbocycles. The van der Waals surface area contributed by atoms with Crippen molar-refractivity contribution in [2.24, 2.45) is 0 Å². The van der Waals surface area contributed by atoms with E-state index in [2.05, 4.69) is 0 Å². The number of phenolic OH excluding ortho intramolecular Hbond substituents is 1. The summed E-state index contributed by atoms with van der Waals surface area (Å²) in [6, 6.07) is 1.89. The molecule has 2 rings (SSSR count). The predicted octanol–water partition coefficient (Wildman–Crippen LogP) is 2.47. The van der Waals surface area contributed by atoms with Crippen LogP contribution >= 0.6 is 0 Å². The molecule has 1 heterocycles. The maximum absolute atomic E-state index is 9.88. The molecule has 0 radical (unpaired) electrons. The lowest BCUT2D eigenvalue weighted by atomic mass is 9.93. The normalized spacial score (nSPS) is 20.6. The Hall–Kier alpha value is -1.22. The fourth-order valence-electron chi connectivity index (χ4n) is 2.48. The number of aryl methyl sites for hydroxylation is 1. The highest BCUT2D eigenvalue weighted by atomic mass is 16.5. The molecule has 0 spiro atoms. The Morgan fingerprint density at radius 1 is 1.47 bits per heavy atom. The number of hydrogen-bond donors (Lipinski definition) is 2. The van der Waals surface area contributed by atoms with Gasteiger partial charge in [0.05, 0.1) is 6.10 Å². The van der Waals surface area contributed by atoms with Gasteiger partial charge in [-0.3, -0.25) is 0 Å². The monoisotopic (exact) mass is 236 g/mol. The molecule has 0 amide bonds. The second-order valence-corrected chi connectivity index (χ2v) is 5.01. The van der Waals surface area contributed by atoms with Crippen molar-refractivity contribution >= 4 is 0 Å². The van der Waals surface area contributed by atoms with Gasteiger partial charge in [0, 0.05) is 12.0 Å². The Labute approximate surface area is 102 Å². The molecule has 1 aromatic carbocycles. The van der Waals surface area contributed by atoms with E-state index < -0.39 is 0 Å². The van der Waals surface area contributed by atoms with Crippen LogP contribution in [0.5, 0.6) is 11.5 Å². The summed E-state index contributed by atoms with van der Waals surface area (Å²) in [5.74, 6) is 1.25. The van der Waals surface area contributed by atoms with Gasteiger partial charge in [-0.1, -0.05) is 0 Å². The average Bonchev–Trinajstić information content (AvgIpc) is 2.25. The van der Waals surface area contributed by atoms with E-state index in [0.29, 0.717) is 12.2 Å². The molecule has 0 saturated heterocycles. The van der Waals surface area contributed by atoms with Crippen molar-refractivity contribution in [1.29, 1.82) is 0 Å². The van der Waals surface area contributed by atoms with Crippen LogP contribution in [0.25, 0.3) is 0 Å². The predicted molar refractivity (Wildman–Crippen MR) is 66.6 cm³/mol. The van der Waals surface area contributed by atoms with E-state index >= 15 is 0 Å². The van der Waals surface area contributed by atoms with E-state index in [1.165, 1.54) is 0 Å². The zero-order valence-corrected chi connectivity index (χ0v) is 10.7. The number of fused-ring (bicyclic) bond motifs is 1. The Morgan fingerprint density at radius 2 is 2.18 bits per heavy atom. The van der Waals surface area contributed by atoms with Gasteiger partial charge < -0.3 is 14.9 Å². The lowest BCUT2D eigenvalue weighted by Crippen LogP contribution is -2.26. The van der Waals surface area contributed by atoms with Crippen LogP contribution in [0.1, 0.15) is 36.5 Å².